The fraction of sp³-hybridized carbons (Fsp3) is 0.778. The van der Waals surface area contributed by atoms with Crippen LogP contribution in [0.4, 0.5) is 0 Å². The van der Waals surface area contributed by atoms with Gasteiger partial charge in [0, 0.05) is 14.2 Å². The Kier molecular flexibility index (Phi) is 9.35. The molecule has 0 saturated carbocycles. The van der Waals surface area contributed by atoms with Gasteiger partial charge in [0.2, 0.25) is 0 Å². The lowest BCUT2D eigenvalue weighted by atomic mass is 10.3. The molecule has 78 valence electrons. The summed E-state index contributed by atoms with van der Waals surface area (Å²) in [4.78, 5) is 0. The molecule has 0 atom stereocenters. The van der Waals surface area contributed by atoms with Crippen LogP contribution in [-0.2, 0) is 18.9 Å². The van der Waals surface area contributed by atoms with Crippen molar-refractivity contribution in [3.63, 3.8) is 0 Å². The quantitative estimate of drug-likeness (QED) is 0.327. The summed E-state index contributed by atoms with van der Waals surface area (Å²) in [5, 5.41) is 0. The smallest absolute Gasteiger partial charge is 0.146 e. The van der Waals surface area contributed by atoms with E-state index in [-0.39, 0.29) is 0 Å². The third-order valence-electron chi connectivity index (χ3n) is 1.28. The molecule has 0 aliphatic rings. The Bertz CT molecular complexity index is 134. The molecule has 0 rings (SSSR count). The molecule has 0 fully saturated rings. The van der Waals surface area contributed by atoms with Gasteiger partial charge in [0.25, 0.3) is 0 Å². The molecule has 0 aromatic heterocycles. The van der Waals surface area contributed by atoms with E-state index in [2.05, 4.69) is 0 Å². The highest BCUT2D eigenvalue weighted by molar-refractivity contribution is 4.97. The lowest BCUT2D eigenvalue weighted by Crippen LogP contribution is -2.01. The molecule has 0 radical (unpaired) electrons. The fourth-order valence-corrected chi connectivity index (χ4v) is 0.678. The molecule has 0 aromatic rings. The van der Waals surface area contributed by atoms with Crippen molar-refractivity contribution in [2.45, 2.75) is 6.92 Å². The molecule has 0 spiro atoms. The number of rotatable bonds is 8. The lowest BCUT2D eigenvalue weighted by Gasteiger charge is -2.03. The highest BCUT2D eigenvalue weighted by Gasteiger charge is 1.89. The van der Waals surface area contributed by atoms with Gasteiger partial charge in [0.05, 0.1) is 13.2 Å². The van der Waals surface area contributed by atoms with Gasteiger partial charge < -0.3 is 18.9 Å². The van der Waals surface area contributed by atoms with Crippen LogP contribution < -0.4 is 0 Å². The van der Waals surface area contributed by atoms with Crippen molar-refractivity contribution in [2.24, 2.45) is 0 Å². The van der Waals surface area contributed by atoms with Crippen LogP contribution in [0, 0.1) is 0 Å². The lowest BCUT2D eigenvalue weighted by molar-refractivity contribution is -0.0243. The minimum atomic E-state index is 0.322. The highest BCUT2D eigenvalue weighted by Crippen LogP contribution is 1.93. The van der Waals surface area contributed by atoms with Crippen LogP contribution in [0.3, 0.4) is 0 Å². The van der Waals surface area contributed by atoms with E-state index < -0.39 is 0 Å². The summed E-state index contributed by atoms with van der Waals surface area (Å²) < 4.78 is 19.7. The minimum absolute atomic E-state index is 0.322. The van der Waals surface area contributed by atoms with E-state index in [0.29, 0.717) is 26.8 Å². The van der Waals surface area contributed by atoms with Gasteiger partial charge in [-0.15, -0.1) is 0 Å². The predicted octanol–water partition coefficient (Wildman–Crippen LogP) is 1.17. The largest absolute Gasteiger partial charge is 0.359 e. The third-order valence-corrected chi connectivity index (χ3v) is 1.28. The zero-order valence-corrected chi connectivity index (χ0v) is 8.54. The molecule has 4 heteroatoms. The van der Waals surface area contributed by atoms with Crippen LogP contribution in [0.2, 0.25) is 0 Å². The SMILES string of the molecule is COCOC/C=C(/C)COCOC. The van der Waals surface area contributed by atoms with Crippen LogP contribution in [0.25, 0.3) is 0 Å². The van der Waals surface area contributed by atoms with Gasteiger partial charge >= 0.3 is 0 Å². The Hall–Kier alpha value is -0.420. The van der Waals surface area contributed by atoms with E-state index in [0.717, 1.165) is 5.57 Å². The van der Waals surface area contributed by atoms with Gasteiger partial charge in [-0.1, -0.05) is 6.08 Å². The number of hydrogen-bond acceptors (Lipinski definition) is 4. The molecule has 0 aliphatic heterocycles. The summed E-state index contributed by atoms with van der Waals surface area (Å²) in [5.41, 5.74) is 1.12. The van der Waals surface area contributed by atoms with Gasteiger partial charge in [0.1, 0.15) is 13.6 Å². The summed E-state index contributed by atoms with van der Waals surface area (Å²) in [6, 6.07) is 0. The van der Waals surface area contributed by atoms with Crippen molar-refractivity contribution in [3.8, 4) is 0 Å². The minimum Gasteiger partial charge on any atom is -0.359 e. The Balaban J connectivity index is 3.29. The topological polar surface area (TPSA) is 36.9 Å². The molecule has 0 amide bonds. The monoisotopic (exact) mass is 190 g/mol. The number of ether oxygens (including phenoxy) is 4. The van der Waals surface area contributed by atoms with Gasteiger partial charge in [-0.2, -0.15) is 0 Å². The molecular weight excluding hydrogens is 172 g/mol. The van der Waals surface area contributed by atoms with Crippen LogP contribution in [0.5, 0.6) is 0 Å². The van der Waals surface area contributed by atoms with E-state index in [4.69, 9.17) is 18.9 Å². The van der Waals surface area contributed by atoms with Crippen LogP contribution in [0.1, 0.15) is 6.92 Å². The fourth-order valence-electron chi connectivity index (χ4n) is 0.678. The summed E-state index contributed by atoms with van der Waals surface area (Å²) in [7, 11) is 3.19. The predicted molar refractivity (Wildman–Crippen MR) is 49.4 cm³/mol. The molecule has 0 aromatic carbocycles. The average molecular weight is 190 g/mol. The first-order chi connectivity index (χ1) is 6.31. The van der Waals surface area contributed by atoms with Crippen molar-refractivity contribution < 1.29 is 18.9 Å². The first-order valence-electron chi connectivity index (χ1n) is 4.10. The first-order valence-corrected chi connectivity index (χ1v) is 4.10. The van der Waals surface area contributed by atoms with E-state index in [1.807, 2.05) is 13.0 Å². The summed E-state index contributed by atoms with van der Waals surface area (Å²) in [5.74, 6) is 0. The molecule has 0 aliphatic carbocycles. The van der Waals surface area contributed by atoms with Gasteiger partial charge in [-0.3, -0.25) is 0 Å². The second-order valence-corrected chi connectivity index (χ2v) is 2.58. The Morgan fingerprint density at radius 1 is 1.08 bits per heavy atom. The Labute approximate surface area is 79.4 Å². The molecule has 0 bridgehead atoms. The zero-order chi connectivity index (χ0) is 9.94. The van der Waals surface area contributed by atoms with Crippen molar-refractivity contribution in [1.82, 2.24) is 0 Å². The molecule has 0 saturated heterocycles. The average Bonchev–Trinajstić information content (AvgIpc) is 2.13. The normalized spacial score (nSPS) is 12.1. The van der Waals surface area contributed by atoms with Crippen LogP contribution in [0.15, 0.2) is 11.6 Å². The number of methoxy groups -OCH3 is 2. The van der Waals surface area contributed by atoms with Gasteiger partial charge in [-0.05, 0) is 12.5 Å². The molecule has 0 N–H and O–H groups in total. The molecule has 0 heterocycles. The first kappa shape index (κ1) is 12.6. The third kappa shape index (κ3) is 9.49. The van der Waals surface area contributed by atoms with Gasteiger partial charge in [-0.25, -0.2) is 0 Å². The standard InChI is InChI=1S/C9H18O4/c1-9(6-13-8-11-3)4-5-12-7-10-2/h4H,5-8H2,1-3H3/b9-4-. The maximum absolute atomic E-state index is 5.12. The van der Waals surface area contributed by atoms with E-state index in [9.17, 15) is 0 Å². The highest BCUT2D eigenvalue weighted by atomic mass is 16.7. The zero-order valence-electron chi connectivity index (χ0n) is 8.54. The molecule has 13 heavy (non-hydrogen) atoms. The molecular formula is C9H18O4. The van der Waals surface area contributed by atoms with E-state index in [1.165, 1.54) is 0 Å². The molecule has 4 nitrogen and oxygen atoms in total. The second-order valence-electron chi connectivity index (χ2n) is 2.58. The van der Waals surface area contributed by atoms with Crippen LogP contribution >= 0.6 is 0 Å². The second kappa shape index (κ2) is 9.67. The molecule has 0 unspecified atom stereocenters. The maximum atomic E-state index is 5.12. The Morgan fingerprint density at radius 2 is 1.69 bits per heavy atom. The van der Waals surface area contributed by atoms with E-state index in [1.54, 1.807) is 14.2 Å². The summed E-state index contributed by atoms with van der Waals surface area (Å²) in [6.07, 6.45) is 1.95. The van der Waals surface area contributed by atoms with E-state index >= 15 is 0 Å². The van der Waals surface area contributed by atoms with Crippen molar-refractivity contribution >= 4 is 0 Å². The summed E-state index contributed by atoms with van der Waals surface area (Å²) in [6.45, 7) is 3.75. The van der Waals surface area contributed by atoms with Crippen LogP contribution in [-0.4, -0.2) is 41.0 Å². The maximum Gasteiger partial charge on any atom is 0.146 e. The van der Waals surface area contributed by atoms with Crippen molar-refractivity contribution in [1.29, 1.82) is 0 Å². The number of hydrogen-bond donors (Lipinski definition) is 0. The van der Waals surface area contributed by atoms with Crippen molar-refractivity contribution in [2.75, 3.05) is 41.0 Å². The van der Waals surface area contributed by atoms with Crippen molar-refractivity contribution in [3.05, 3.63) is 11.6 Å². The summed E-state index contributed by atoms with van der Waals surface area (Å²) >= 11 is 0. The van der Waals surface area contributed by atoms with Gasteiger partial charge in [0.15, 0.2) is 0 Å². The Morgan fingerprint density at radius 3 is 2.31 bits per heavy atom.